The third-order valence-corrected chi connectivity index (χ3v) is 0.816. The predicted molar refractivity (Wildman–Crippen MR) is 57.7 cm³/mol. The molecule has 0 bridgehead atoms. The first-order valence-corrected chi connectivity index (χ1v) is 5.44. The van der Waals surface area contributed by atoms with Crippen molar-refractivity contribution in [1.29, 1.82) is 0 Å². The van der Waals surface area contributed by atoms with Crippen molar-refractivity contribution in [3.8, 4) is 0 Å². The Morgan fingerprint density at radius 3 is 0.727 bits per heavy atom. The van der Waals surface area contributed by atoms with Crippen molar-refractivity contribution in [1.82, 2.24) is 0 Å². The second kappa shape index (κ2) is 15.1. The van der Waals surface area contributed by atoms with E-state index in [1.807, 2.05) is 0 Å². The summed E-state index contributed by atoms with van der Waals surface area (Å²) in [6.45, 7) is 4.35. The molecule has 18 heteroatoms. The van der Waals surface area contributed by atoms with Gasteiger partial charge in [0.05, 0.1) is 0 Å². The lowest BCUT2D eigenvalue weighted by Gasteiger charge is -1.94. The molecular formula is C4H16B3F12N3. The second-order valence-corrected chi connectivity index (χ2v) is 3.06. The minimum Gasteiger partial charge on any atom is -0.418 e. The molecule has 0 aromatic carbocycles. The molecule has 0 aromatic heterocycles. The zero-order chi connectivity index (χ0) is 19.0. The third-order valence-electron chi connectivity index (χ3n) is 0.816. The lowest BCUT2D eigenvalue weighted by atomic mass is 10.3. The molecule has 0 aromatic rings. The van der Waals surface area contributed by atoms with Crippen LogP contribution < -0.4 is 16.8 Å². The van der Waals surface area contributed by atoms with E-state index in [9.17, 15) is 51.8 Å². The Labute approximate surface area is 118 Å². The van der Waals surface area contributed by atoms with E-state index >= 15 is 0 Å². The first-order valence-electron chi connectivity index (χ1n) is 5.44. The Kier molecular flexibility index (Phi) is 20.1. The lowest BCUT2D eigenvalue weighted by Crippen LogP contribution is -2.90. The second-order valence-electron chi connectivity index (χ2n) is 3.06. The van der Waals surface area contributed by atoms with Crippen LogP contribution in [-0.2, 0) is 0 Å². The highest BCUT2D eigenvalue weighted by atomic mass is 19.5. The molecule has 0 aliphatic heterocycles. The molecule has 0 amide bonds. The van der Waals surface area contributed by atoms with Crippen LogP contribution in [0.3, 0.4) is 0 Å². The van der Waals surface area contributed by atoms with Crippen LogP contribution in [0.5, 0.6) is 0 Å². The van der Waals surface area contributed by atoms with Crippen LogP contribution in [-0.4, -0.2) is 47.9 Å². The zero-order valence-electron chi connectivity index (χ0n) is 11.1. The molecule has 0 saturated carbocycles. The number of hydrogen-bond donors (Lipinski definition) is 3. The third kappa shape index (κ3) is 611. The SMILES string of the molecule is F[B-](F)(F)F.F[B-](F)(F)F.F[B-](F)(F)F.[NH3+]CC[NH2+]CC[NH3+]. The highest BCUT2D eigenvalue weighted by Crippen LogP contribution is 2.07. The van der Waals surface area contributed by atoms with Crippen molar-refractivity contribution < 1.29 is 68.6 Å². The molecule has 0 spiro atoms. The fourth-order valence-electron chi connectivity index (χ4n) is 0.433. The number of quaternary nitrogens is 3. The highest BCUT2D eigenvalue weighted by Gasteiger charge is 2.21. The van der Waals surface area contributed by atoms with Crippen LogP contribution in [0.1, 0.15) is 0 Å². The molecule has 0 saturated heterocycles. The molecule has 3 nitrogen and oxygen atoms in total. The van der Waals surface area contributed by atoms with Crippen LogP contribution in [0.15, 0.2) is 0 Å². The molecule has 0 fully saturated rings. The van der Waals surface area contributed by atoms with Gasteiger partial charge in [0.2, 0.25) is 0 Å². The maximum absolute atomic E-state index is 9.75. The Bertz CT molecular complexity index is 167. The van der Waals surface area contributed by atoms with Crippen molar-refractivity contribution in [3.05, 3.63) is 0 Å². The van der Waals surface area contributed by atoms with Gasteiger partial charge in [0, 0.05) is 0 Å². The van der Waals surface area contributed by atoms with Crippen molar-refractivity contribution >= 4 is 21.8 Å². The summed E-state index contributed by atoms with van der Waals surface area (Å²) in [5.41, 5.74) is 7.41. The van der Waals surface area contributed by atoms with Crippen LogP contribution in [0.25, 0.3) is 0 Å². The standard InChI is InChI=1S/C4H13N3.3BF4/c5-1-3-7-4-2-6;3*2-1(3,4)5/h7H,1-6H2;;;/q;3*-1/p+3. The van der Waals surface area contributed by atoms with E-state index in [1.165, 1.54) is 0 Å². The minimum atomic E-state index is -6.00. The van der Waals surface area contributed by atoms with Crippen molar-refractivity contribution in [2.75, 3.05) is 26.2 Å². The average molecular weight is 367 g/mol. The van der Waals surface area contributed by atoms with E-state index in [1.54, 1.807) is 0 Å². The maximum atomic E-state index is 9.75. The Morgan fingerprint density at radius 1 is 0.500 bits per heavy atom. The molecule has 0 rings (SSSR count). The van der Waals surface area contributed by atoms with Crippen LogP contribution in [0.2, 0.25) is 0 Å². The summed E-state index contributed by atoms with van der Waals surface area (Å²) >= 11 is 0. The first-order chi connectivity index (χ1) is 9.41. The monoisotopic (exact) mass is 367 g/mol. The molecule has 0 aliphatic rings. The van der Waals surface area contributed by atoms with Crippen molar-refractivity contribution in [3.63, 3.8) is 0 Å². The van der Waals surface area contributed by atoms with E-state index in [0.717, 1.165) is 26.2 Å². The van der Waals surface area contributed by atoms with Crippen molar-refractivity contribution in [2.24, 2.45) is 0 Å². The van der Waals surface area contributed by atoms with Gasteiger partial charge in [0.15, 0.2) is 0 Å². The summed E-state index contributed by atoms with van der Waals surface area (Å²) in [6, 6.07) is 0. The molecule has 0 unspecified atom stereocenters. The highest BCUT2D eigenvalue weighted by molar-refractivity contribution is 6.50. The summed E-state index contributed by atoms with van der Waals surface area (Å²) in [5.74, 6) is 0. The molecule has 0 radical (unpaired) electrons. The number of hydrogen-bond acceptors (Lipinski definition) is 0. The van der Waals surface area contributed by atoms with Crippen molar-refractivity contribution in [2.45, 2.75) is 0 Å². The summed E-state index contributed by atoms with van der Waals surface area (Å²) in [4.78, 5) is 0. The Balaban J connectivity index is -0.0000000995. The molecule has 0 atom stereocenters. The van der Waals surface area contributed by atoms with Gasteiger partial charge in [0.25, 0.3) is 0 Å². The average Bonchev–Trinajstić information content (AvgIpc) is 2.10. The molecule has 22 heavy (non-hydrogen) atoms. The predicted octanol–water partition coefficient (Wildman–Crippen LogP) is -0.0664. The molecule has 0 aliphatic carbocycles. The van der Waals surface area contributed by atoms with Crippen LogP contribution in [0.4, 0.5) is 51.8 Å². The topological polar surface area (TPSA) is 71.9 Å². The number of halogens is 12. The summed E-state index contributed by atoms with van der Waals surface area (Å²) in [5, 5.41) is 2.24. The van der Waals surface area contributed by atoms with Gasteiger partial charge in [-0.3, -0.25) is 0 Å². The number of rotatable bonds is 4. The van der Waals surface area contributed by atoms with Crippen LogP contribution in [0, 0.1) is 0 Å². The smallest absolute Gasteiger partial charge is 0.418 e. The fourth-order valence-corrected chi connectivity index (χ4v) is 0.433. The van der Waals surface area contributed by atoms with E-state index in [-0.39, 0.29) is 0 Å². The zero-order valence-corrected chi connectivity index (χ0v) is 11.1. The molecule has 8 N–H and O–H groups in total. The maximum Gasteiger partial charge on any atom is 0.673 e. The van der Waals surface area contributed by atoms with Gasteiger partial charge in [-0.2, -0.15) is 0 Å². The van der Waals surface area contributed by atoms with Gasteiger partial charge < -0.3 is 68.6 Å². The first kappa shape index (κ1) is 29.3. The van der Waals surface area contributed by atoms with E-state index in [2.05, 4.69) is 16.8 Å². The summed E-state index contributed by atoms with van der Waals surface area (Å²) in [6.07, 6.45) is 0. The van der Waals surface area contributed by atoms with Crippen LogP contribution >= 0.6 is 0 Å². The normalized spacial score (nSPS) is 11.2. The Hall–Kier alpha value is -0.765. The lowest BCUT2D eigenvalue weighted by molar-refractivity contribution is -0.683. The molecule has 140 valence electrons. The molecular weight excluding hydrogens is 350 g/mol. The van der Waals surface area contributed by atoms with E-state index < -0.39 is 21.8 Å². The van der Waals surface area contributed by atoms with Gasteiger partial charge in [-0.05, 0) is 0 Å². The Morgan fingerprint density at radius 2 is 0.636 bits per heavy atom. The molecule has 0 heterocycles. The van der Waals surface area contributed by atoms with Gasteiger partial charge in [-0.25, -0.2) is 0 Å². The summed E-state index contributed by atoms with van der Waals surface area (Å²) < 4.78 is 117. The fraction of sp³-hybridized carbons (Fsp3) is 1.00. The van der Waals surface area contributed by atoms with Gasteiger partial charge in [0.1, 0.15) is 26.2 Å². The van der Waals surface area contributed by atoms with Gasteiger partial charge >= 0.3 is 21.8 Å². The minimum absolute atomic E-state index is 1.03. The van der Waals surface area contributed by atoms with E-state index in [0.29, 0.717) is 0 Å². The van der Waals surface area contributed by atoms with Gasteiger partial charge in [-0.15, -0.1) is 0 Å². The largest absolute Gasteiger partial charge is 0.673 e. The van der Waals surface area contributed by atoms with E-state index in [4.69, 9.17) is 0 Å². The van der Waals surface area contributed by atoms with Gasteiger partial charge in [-0.1, -0.05) is 0 Å². The summed E-state index contributed by atoms with van der Waals surface area (Å²) in [7, 11) is -18.0. The number of nitrogens with two attached hydrogens (primary N) is 1. The quantitative estimate of drug-likeness (QED) is 0.354.